The van der Waals surface area contributed by atoms with Gasteiger partial charge in [0.1, 0.15) is 0 Å². The number of benzene rings is 2. The van der Waals surface area contributed by atoms with Gasteiger partial charge < -0.3 is 20.9 Å². The molecule has 1 aliphatic rings. The predicted molar refractivity (Wildman–Crippen MR) is 113 cm³/mol. The first kappa shape index (κ1) is 20.7. The lowest BCUT2D eigenvalue weighted by Crippen LogP contribution is -2.38. The first-order valence-corrected chi connectivity index (χ1v) is 9.74. The average molecular weight is 415 g/mol. The van der Waals surface area contributed by atoms with Gasteiger partial charge in [-0.3, -0.25) is 14.4 Å². The molecule has 2 aromatic rings. The van der Waals surface area contributed by atoms with Gasteiger partial charge in [-0.1, -0.05) is 35.9 Å². The summed E-state index contributed by atoms with van der Waals surface area (Å²) in [5.41, 5.74) is 1.56. The molecule has 3 rings (SSSR count). The fraction of sp³-hybridized carbons (Fsp3) is 0.286. The van der Waals surface area contributed by atoms with Crippen molar-refractivity contribution in [1.29, 1.82) is 0 Å². The second-order valence-corrected chi connectivity index (χ2v) is 7.33. The number of nitrogens with one attached hydrogen (secondary N) is 3. The van der Waals surface area contributed by atoms with E-state index in [1.807, 2.05) is 0 Å². The number of halogens is 1. The first-order valence-electron chi connectivity index (χ1n) is 9.36. The van der Waals surface area contributed by atoms with Crippen LogP contribution in [0.1, 0.15) is 23.2 Å². The maximum absolute atomic E-state index is 12.4. The molecule has 7 nitrogen and oxygen atoms in total. The summed E-state index contributed by atoms with van der Waals surface area (Å²) in [6.07, 6.45) is 2.00. The standard InChI is InChI=1S/C21H23ClN4O3/c1-26(13-19(27)25-18-9-5-3-7-16(18)22)20(28)12-23-17-8-4-2-6-15(17)21(29)24-14-10-11-14/h2-9,14,23H,10-13H2,1H3,(H,24,29)(H,25,27). The Morgan fingerprint density at radius 3 is 2.38 bits per heavy atom. The van der Waals surface area contributed by atoms with Crippen molar-refractivity contribution in [3.05, 3.63) is 59.1 Å². The van der Waals surface area contributed by atoms with Crippen LogP contribution in [0, 0.1) is 0 Å². The second kappa shape index (κ2) is 9.43. The van der Waals surface area contributed by atoms with Gasteiger partial charge in [0.25, 0.3) is 5.91 Å². The smallest absolute Gasteiger partial charge is 0.253 e. The van der Waals surface area contributed by atoms with E-state index in [0.29, 0.717) is 22.0 Å². The van der Waals surface area contributed by atoms with Crippen LogP contribution in [0.3, 0.4) is 0 Å². The SMILES string of the molecule is CN(CC(=O)Nc1ccccc1Cl)C(=O)CNc1ccccc1C(=O)NC1CC1. The summed E-state index contributed by atoms with van der Waals surface area (Å²) in [6, 6.07) is 14.2. The van der Waals surface area contributed by atoms with Crippen molar-refractivity contribution in [3.63, 3.8) is 0 Å². The average Bonchev–Trinajstić information content (AvgIpc) is 3.52. The van der Waals surface area contributed by atoms with Crippen LogP contribution in [-0.4, -0.2) is 48.8 Å². The summed E-state index contributed by atoms with van der Waals surface area (Å²) in [5.74, 6) is -0.787. The van der Waals surface area contributed by atoms with Gasteiger partial charge in [-0.05, 0) is 37.1 Å². The molecular formula is C21H23ClN4O3. The highest BCUT2D eigenvalue weighted by Gasteiger charge is 2.25. The van der Waals surface area contributed by atoms with Crippen LogP contribution < -0.4 is 16.0 Å². The zero-order chi connectivity index (χ0) is 20.8. The molecule has 29 heavy (non-hydrogen) atoms. The van der Waals surface area contributed by atoms with Crippen LogP contribution in [0.25, 0.3) is 0 Å². The van der Waals surface area contributed by atoms with E-state index in [4.69, 9.17) is 11.6 Å². The lowest BCUT2D eigenvalue weighted by atomic mass is 10.1. The number of hydrogen-bond acceptors (Lipinski definition) is 4. The molecule has 1 saturated carbocycles. The molecule has 0 atom stereocenters. The maximum atomic E-state index is 12.4. The van der Waals surface area contributed by atoms with Crippen LogP contribution in [-0.2, 0) is 9.59 Å². The zero-order valence-electron chi connectivity index (χ0n) is 16.1. The minimum Gasteiger partial charge on any atom is -0.376 e. The van der Waals surface area contributed by atoms with E-state index < -0.39 is 0 Å². The van der Waals surface area contributed by atoms with Crippen LogP contribution in [0.15, 0.2) is 48.5 Å². The Bertz CT molecular complexity index is 914. The molecule has 0 spiro atoms. The molecule has 0 bridgehead atoms. The molecule has 8 heteroatoms. The van der Waals surface area contributed by atoms with Gasteiger partial charge in [0, 0.05) is 18.8 Å². The summed E-state index contributed by atoms with van der Waals surface area (Å²) < 4.78 is 0. The fourth-order valence-electron chi connectivity index (χ4n) is 2.69. The van der Waals surface area contributed by atoms with Crippen LogP contribution >= 0.6 is 11.6 Å². The molecule has 0 radical (unpaired) electrons. The van der Waals surface area contributed by atoms with Gasteiger partial charge in [0.05, 0.1) is 29.4 Å². The molecule has 0 aromatic heterocycles. The van der Waals surface area contributed by atoms with E-state index in [9.17, 15) is 14.4 Å². The first-order chi connectivity index (χ1) is 13.9. The molecule has 2 aromatic carbocycles. The molecule has 0 unspecified atom stereocenters. The molecule has 1 fully saturated rings. The second-order valence-electron chi connectivity index (χ2n) is 6.92. The summed E-state index contributed by atoms with van der Waals surface area (Å²) in [5, 5.41) is 9.04. The van der Waals surface area contributed by atoms with E-state index >= 15 is 0 Å². The third kappa shape index (κ3) is 5.96. The molecule has 152 valence electrons. The molecule has 3 amide bonds. The third-order valence-electron chi connectivity index (χ3n) is 4.47. The van der Waals surface area contributed by atoms with Gasteiger partial charge in [-0.25, -0.2) is 0 Å². The summed E-state index contributed by atoms with van der Waals surface area (Å²) in [7, 11) is 1.54. The molecule has 0 heterocycles. The number of rotatable bonds is 8. The number of hydrogen-bond donors (Lipinski definition) is 3. The van der Waals surface area contributed by atoms with Crippen LogP contribution in [0.5, 0.6) is 0 Å². The number of amides is 3. The lowest BCUT2D eigenvalue weighted by molar-refractivity contribution is -0.131. The normalized spacial score (nSPS) is 12.8. The molecule has 0 aliphatic heterocycles. The monoisotopic (exact) mass is 414 g/mol. The van der Waals surface area contributed by atoms with E-state index in [1.54, 1.807) is 55.6 Å². The molecule has 3 N–H and O–H groups in total. The maximum Gasteiger partial charge on any atom is 0.253 e. The molecule has 1 aliphatic carbocycles. The van der Waals surface area contributed by atoms with Crippen molar-refractivity contribution >= 4 is 40.7 Å². The molecular weight excluding hydrogens is 392 g/mol. The minimum atomic E-state index is -0.349. The number of nitrogens with zero attached hydrogens (tertiary/aromatic N) is 1. The topological polar surface area (TPSA) is 90.5 Å². The number of likely N-dealkylation sites (N-methyl/N-ethyl adjacent to an activating group) is 1. The van der Waals surface area contributed by atoms with Crippen molar-refractivity contribution in [2.45, 2.75) is 18.9 Å². The quantitative estimate of drug-likeness (QED) is 0.619. The highest BCUT2D eigenvalue weighted by molar-refractivity contribution is 6.33. The zero-order valence-corrected chi connectivity index (χ0v) is 16.8. The van der Waals surface area contributed by atoms with Gasteiger partial charge in [-0.2, -0.15) is 0 Å². The van der Waals surface area contributed by atoms with Crippen LogP contribution in [0.4, 0.5) is 11.4 Å². The number of carbonyl (C=O) groups excluding carboxylic acids is 3. The Balaban J connectivity index is 1.52. The largest absolute Gasteiger partial charge is 0.376 e. The Morgan fingerprint density at radius 2 is 1.69 bits per heavy atom. The van der Waals surface area contributed by atoms with E-state index in [2.05, 4.69) is 16.0 Å². The predicted octanol–water partition coefficient (Wildman–Crippen LogP) is 2.74. The van der Waals surface area contributed by atoms with Gasteiger partial charge in [-0.15, -0.1) is 0 Å². The van der Waals surface area contributed by atoms with E-state index in [1.165, 1.54) is 4.90 Å². The lowest BCUT2D eigenvalue weighted by Gasteiger charge is -2.18. The van der Waals surface area contributed by atoms with Gasteiger partial charge >= 0.3 is 0 Å². The number of para-hydroxylation sites is 2. The molecule has 0 saturated heterocycles. The Labute approximate surface area is 174 Å². The minimum absolute atomic E-state index is 0.0381. The van der Waals surface area contributed by atoms with Gasteiger partial charge in [0.15, 0.2) is 0 Å². The number of anilines is 2. The van der Waals surface area contributed by atoms with Gasteiger partial charge in [0.2, 0.25) is 11.8 Å². The summed E-state index contributed by atoms with van der Waals surface area (Å²) >= 11 is 6.02. The van der Waals surface area contributed by atoms with E-state index in [-0.39, 0.29) is 36.9 Å². The van der Waals surface area contributed by atoms with E-state index in [0.717, 1.165) is 12.8 Å². The highest BCUT2D eigenvalue weighted by Crippen LogP contribution is 2.22. The Kier molecular flexibility index (Phi) is 6.72. The van der Waals surface area contributed by atoms with Crippen molar-refractivity contribution < 1.29 is 14.4 Å². The number of carbonyl (C=O) groups is 3. The van der Waals surface area contributed by atoms with Crippen LogP contribution in [0.2, 0.25) is 5.02 Å². The van der Waals surface area contributed by atoms with Crippen molar-refractivity contribution in [3.8, 4) is 0 Å². The summed E-state index contributed by atoms with van der Waals surface area (Å²) in [6.45, 7) is -0.154. The highest BCUT2D eigenvalue weighted by atomic mass is 35.5. The van der Waals surface area contributed by atoms with Crippen molar-refractivity contribution in [2.24, 2.45) is 0 Å². The van der Waals surface area contributed by atoms with Crippen molar-refractivity contribution in [1.82, 2.24) is 10.2 Å². The van der Waals surface area contributed by atoms with Crippen molar-refractivity contribution in [2.75, 3.05) is 30.8 Å². The fourth-order valence-corrected chi connectivity index (χ4v) is 2.87. The summed E-state index contributed by atoms with van der Waals surface area (Å²) in [4.78, 5) is 38.2. The third-order valence-corrected chi connectivity index (χ3v) is 4.80. The Morgan fingerprint density at radius 1 is 1.03 bits per heavy atom. The Hall–Kier alpha value is -3.06.